The summed E-state index contributed by atoms with van der Waals surface area (Å²) in [5.74, 6) is 0.482. The third kappa shape index (κ3) is 3.84. The van der Waals surface area contributed by atoms with Crippen molar-refractivity contribution in [2.75, 3.05) is 31.2 Å². The van der Waals surface area contributed by atoms with Crippen LogP contribution in [0.15, 0.2) is 24.3 Å². The molecule has 0 saturated carbocycles. The first-order chi connectivity index (χ1) is 9.28. The van der Waals surface area contributed by atoms with Crippen LogP contribution in [0.25, 0.3) is 0 Å². The van der Waals surface area contributed by atoms with E-state index >= 15 is 0 Å². The Morgan fingerprint density at radius 2 is 2.05 bits per heavy atom. The molecule has 1 aliphatic rings. The second-order valence-electron chi connectivity index (χ2n) is 5.31. The highest BCUT2D eigenvalue weighted by atomic mass is 32.2. The minimum absolute atomic E-state index is 0.0743. The normalized spacial score (nSPS) is 23.9. The zero-order valence-electron chi connectivity index (χ0n) is 11.4. The summed E-state index contributed by atoms with van der Waals surface area (Å²) in [4.78, 5) is 0. The first-order valence-electron chi connectivity index (χ1n) is 6.47. The third-order valence-electron chi connectivity index (χ3n) is 3.30. The molecule has 1 aromatic carbocycles. The minimum Gasteiger partial charge on any atom is -0.492 e. The van der Waals surface area contributed by atoms with Crippen molar-refractivity contribution in [2.24, 2.45) is 0 Å². The van der Waals surface area contributed by atoms with E-state index in [2.05, 4.69) is 0 Å². The first kappa shape index (κ1) is 15.1. The van der Waals surface area contributed by atoms with Crippen molar-refractivity contribution < 1.29 is 18.3 Å². The number of nitrogens with two attached hydrogens (primary N) is 1. The standard InChI is InChI=1S/C13H20N2O4S/c1-13(16)6-7-15(10-13)20(17,18)9-8-19-12-4-2-11(14)3-5-12/h2-5,16H,6-10,14H2,1H3. The molecule has 1 aromatic rings. The first-order valence-corrected chi connectivity index (χ1v) is 8.08. The SMILES string of the molecule is CC1(O)CCN(S(=O)(=O)CCOc2ccc(N)cc2)C1. The summed E-state index contributed by atoms with van der Waals surface area (Å²) in [7, 11) is -3.39. The molecule has 0 amide bonds. The fourth-order valence-electron chi connectivity index (χ4n) is 2.10. The maximum Gasteiger partial charge on any atom is 0.217 e. The van der Waals surface area contributed by atoms with Gasteiger partial charge in [0.2, 0.25) is 10.0 Å². The molecule has 0 aliphatic carbocycles. The quantitative estimate of drug-likeness (QED) is 0.769. The molecule has 1 saturated heterocycles. The molecule has 2 rings (SSSR count). The lowest BCUT2D eigenvalue weighted by Crippen LogP contribution is -2.36. The van der Waals surface area contributed by atoms with Crippen LogP contribution < -0.4 is 10.5 Å². The molecule has 1 unspecified atom stereocenters. The highest BCUT2D eigenvalue weighted by Crippen LogP contribution is 2.23. The van der Waals surface area contributed by atoms with E-state index in [0.29, 0.717) is 24.4 Å². The number of rotatable bonds is 5. The van der Waals surface area contributed by atoms with Crippen LogP contribution in [-0.2, 0) is 10.0 Å². The lowest BCUT2D eigenvalue weighted by Gasteiger charge is -2.19. The van der Waals surface area contributed by atoms with E-state index in [9.17, 15) is 13.5 Å². The molecule has 20 heavy (non-hydrogen) atoms. The number of hydrogen-bond donors (Lipinski definition) is 2. The van der Waals surface area contributed by atoms with Gasteiger partial charge in [0.25, 0.3) is 0 Å². The topological polar surface area (TPSA) is 92.9 Å². The van der Waals surface area contributed by atoms with Crippen LogP contribution in [0, 0.1) is 0 Å². The van der Waals surface area contributed by atoms with Crippen LogP contribution in [0.5, 0.6) is 5.75 Å². The number of sulfonamides is 1. The van der Waals surface area contributed by atoms with Gasteiger partial charge in [-0.15, -0.1) is 0 Å². The van der Waals surface area contributed by atoms with Crippen LogP contribution in [0.1, 0.15) is 13.3 Å². The Morgan fingerprint density at radius 3 is 2.60 bits per heavy atom. The van der Waals surface area contributed by atoms with Crippen molar-refractivity contribution >= 4 is 15.7 Å². The molecule has 112 valence electrons. The lowest BCUT2D eigenvalue weighted by atomic mass is 10.1. The fraction of sp³-hybridized carbons (Fsp3) is 0.538. The Balaban J connectivity index is 1.85. The summed E-state index contributed by atoms with van der Waals surface area (Å²) >= 11 is 0. The highest BCUT2D eigenvalue weighted by molar-refractivity contribution is 7.89. The van der Waals surface area contributed by atoms with Crippen molar-refractivity contribution in [1.82, 2.24) is 4.31 Å². The van der Waals surface area contributed by atoms with Gasteiger partial charge >= 0.3 is 0 Å². The summed E-state index contributed by atoms with van der Waals surface area (Å²) in [6.07, 6.45) is 0.463. The van der Waals surface area contributed by atoms with Crippen LogP contribution in [0.4, 0.5) is 5.69 Å². The van der Waals surface area contributed by atoms with E-state index in [4.69, 9.17) is 10.5 Å². The highest BCUT2D eigenvalue weighted by Gasteiger charge is 2.37. The maximum atomic E-state index is 12.1. The Morgan fingerprint density at radius 1 is 1.40 bits per heavy atom. The Bertz CT molecular complexity index is 554. The van der Waals surface area contributed by atoms with Crippen LogP contribution in [0.2, 0.25) is 0 Å². The van der Waals surface area contributed by atoms with Gasteiger partial charge in [-0.1, -0.05) is 0 Å². The number of aliphatic hydroxyl groups is 1. The second-order valence-corrected chi connectivity index (χ2v) is 7.40. The summed E-state index contributed by atoms with van der Waals surface area (Å²) < 4.78 is 30.9. The predicted molar refractivity (Wildman–Crippen MR) is 77.0 cm³/mol. The lowest BCUT2D eigenvalue weighted by molar-refractivity contribution is 0.0762. The van der Waals surface area contributed by atoms with Gasteiger partial charge in [-0.25, -0.2) is 8.42 Å². The fourth-order valence-corrected chi connectivity index (χ4v) is 3.50. The molecule has 1 atom stereocenters. The Kier molecular flexibility index (Phi) is 4.22. The molecule has 0 aromatic heterocycles. The number of nitrogens with zero attached hydrogens (tertiary/aromatic N) is 1. The monoisotopic (exact) mass is 300 g/mol. The van der Waals surface area contributed by atoms with Crippen LogP contribution >= 0.6 is 0 Å². The molecular formula is C13H20N2O4S. The van der Waals surface area contributed by atoms with Crippen molar-refractivity contribution in [3.8, 4) is 5.75 Å². The molecule has 6 nitrogen and oxygen atoms in total. The number of ether oxygens (including phenoxy) is 1. The molecule has 0 spiro atoms. The van der Waals surface area contributed by atoms with E-state index in [0.717, 1.165) is 0 Å². The van der Waals surface area contributed by atoms with Gasteiger partial charge in [-0.05, 0) is 37.6 Å². The third-order valence-corrected chi connectivity index (χ3v) is 5.08. The number of nitrogen functional groups attached to an aromatic ring is 1. The van der Waals surface area contributed by atoms with Crippen LogP contribution in [-0.4, -0.2) is 48.9 Å². The van der Waals surface area contributed by atoms with E-state index in [-0.39, 0.29) is 18.9 Å². The zero-order valence-corrected chi connectivity index (χ0v) is 12.3. The number of hydrogen-bond acceptors (Lipinski definition) is 5. The summed E-state index contributed by atoms with van der Waals surface area (Å²) in [6, 6.07) is 6.79. The largest absolute Gasteiger partial charge is 0.492 e. The van der Waals surface area contributed by atoms with E-state index < -0.39 is 15.6 Å². The molecule has 1 heterocycles. The molecule has 1 aliphatic heterocycles. The van der Waals surface area contributed by atoms with E-state index in [1.807, 2.05) is 0 Å². The Hall–Kier alpha value is -1.31. The molecule has 3 N–H and O–H groups in total. The second kappa shape index (κ2) is 5.59. The zero-order chi connectivity index (χ0) is 14.8. The van der Waals surface area contributed by atoms with E-state index in [1.54, 1.807) is 31.2 Å². The molecule has 0 radical (unpaired) electrons. The number of β-amino-alcohol motifs (C(OH)–C–C–N with tert-alkyl or cyclic N) is 1. The van der Waals surface area contributed by atoms with Gasteiger partial charge in [-0.3, -0.25) is 0 Å². The number of anilines is 1. The van der Waals surface area contributed by atoms with Gasteiger partial charge < -0.3 is 15.6 Å². The van der Waals surface area contributed by atoms with Gasteiger partial charge in [0.1, 0.15) is 12.4 Å². The van der Waals surface area contributed by atoms with Crippen molar-refractivity contribution in [1.29, 1.82) is 0 Å². The van der Waals surface area contributed by atoms with Crippen molar-refractivity contribution in [2.45, 2.75) is 18.9 Å². The van der Waals surface area contributed by atoms with Gasteiger partial charge in [0, 0.05) is 18.8 Å². The summed E-state index contributed by atoms with van der Waals surface area (Å²) in [5, 5.41) is 9.81. The van der Waals surface area contributed by atoms with E-state index in [1.165, 1.54) is 4.31 Å². The van der Waals surface area contributed by atoms with Gasteiger partial charge in [-0.2, -0.15) is 4.31 Å². The molecule has 1 fully saturated rings. The maximum absolute atomic E-state index is 12.1. The summed E-state index contributed by atoms with van der Waals surface area (Å²) in [5.41, 5.74) is 5.25. The van der Waals surface area contributed by atoms with Gasteiger partial charge in [0.15, 0.2) is 0 Å². The Labute approximate surface area is 119 Å². The molecular weight excluding hydrogens is 280 g/mol. The summed E-state index contributed by atoms with van der Waals surface area (Å²) in [6.45, 7) is 2.23. The number of benzene rings is 1. The van der Waals surface area contributed by atoms with Crippen molar-refractivity contribution in [3.63, 3.8) is 0 Å². The van der Waals surface area contributed by atoms with Gasteiger partial charge in [0.05, 0.1) is 11.4 Å². The minimum atomic E-state index is -3.39. The van der Waals surface area contributed by atoms with Crippen molar-refractivity contribution in [3.05, 3.63) is 24.3 Å². The molecule has 0 bridgehead atoms. The average molecular weight is 300 g/mol. The smallest absolute Gasteiger partial charge is 0.217 e. The van der Waals surface area contributed by atoms with Crippen LogP contribution in [0.3, 0.4) is 0 Å². The average Bonchev–Trinajstić information content (AvgIpc) is 2.73. The molecule has 7 heteroatoms. The predicted octanol–water partition coefficient (Wildman–Crippen LogP) is 0.434.